The van der Waals surface area contributed by atoms with Crippen LogP contribution in [-0.4, -0.2) is 16.9 Å². The van der Waals surface area contributed by atoms with E-state index in [9.17, 15) is 14.7 Å². The van der Waals surface area contributed by atoms with Crippen LogP contribution >= 0.6 is 0 Å². The van der Waals surface area contributed by atoms with Crippen LogP contribution in [0.4, 0.5) is 11.4 Å². The minimum Gasteiger partial charge on any atom is -0.508 e. The van der Waals surface area contributed by atoms with Gasteiger partial charge in [-0.15, -0.1) is 0 Å². The molecule has 0 heterocycles. The SMILES string of the molecule is NC(=O)c1cc(O)cc(CC(=O)Nc2ccccc2)c1N. The molecule has 0 bridgehead atoms. The van der Waals surface area contributed by atoms with Gasteiger partial charge >= 0.3 is 0 Å². The molecule has 6 N–H and O–H groups in total. The van der Waals surface area contributed by atoms with Crippen molar-refractivity contribution in [3.8, 4) is 5.75 Å². The molecule has 0 aliphatic rings. The number of nitrogens with one attached hydrogen (secondary N) is 1. The Labute approximate surface area is 121 Å². The van der Waals surface area contributed by atoms with Gasteiger partial charge in [0.1, 0.15) is 5.75 Å². The van der Waals surface area contributed by atoms with Crippen molar-refractivity contribution in [2.45, 2.75) is 6.42 Å². The smallest absolute Gasteiger partial charge is 0.250 e. The van der Waals surface area contributed by atoms with E-state index in [1.165, 1.54) is 12.1 Å². The summed E-state index contributed by atoms with van der Waals surface area (Å²) in [5.41, 5.74) is 12.1. The minimum absolute atomic E-state index is 0.00230. The maximum atomic E-state index is 12.0. The van der Waals surface area contributed by atoms with E-state index < -0.39 is 5.91 Å². The van der Waals surface area contributed by atoms with E-state index in [2.05, 4.69) is 5.32 Å². The molecule has 0 saturated heterocycles. The Hall–Kier alpha value is -3.02. The number of phenolic OH excluding ortho intramolecular Hbond substituents is 1. The second kappa shape index (κ2) is 5.96. The van der Waals surface area contributed by atoms with Crippen molar-refractivity contribution in [2.24, 2.45) is 5.73 Å². The highest BCUT2D eigenvalue weighted by atomic mass is 16.3. The average molecular weight is 285 g/mol. The molecule has 6 nitrogen and oxygen atoms in total. The van der Waals surface area contributed by atoms with Crippen molar-refractivity contribution in [1.82, 2.24) is 0 Å². The number of amides is 2. The summed E-state index contributed by atoms with van der Waals surface area (Å²) in [6.07, 6.45) is -0.0740. The lowest BCUT2D eigenvalue weighted by Crippen LogP contribution is -2.18. The molecular weight excluding hydrogens is 270 g/mol. The van der Waals surface area contributed by atoms with Gasteiger partial charge in [0.05, 0.1) is 12.0 Å². The summed E-state index contributed by atoms with van der Waals surface area (Å²) in [7, 11) is 0. The Morgan fingerprint density at radius 3 is 2.43 bits per heavy atom. The van der Waals surface area contributed by atoms with E-state index in [4.69, 9.17) is 11.5 Å². The standard InChI is InChI=1S/C15H15N3O3/c16-14-9(6-11(19)8-12(14)15(17)21)7-13(20)18-10-4-2-1-3-5-10/h1-6,8,19H,7,16H2,(H2,17,21)(H,18,20). The molecule has 6 heteroatoms. The molecule has 0 atom stereocenters. The second-order valence-electron chi connectivity index (χ2n) is 4.52. The van der Waals surface area contributed by atoms with Gasteiger partial charge < -0.3 is 21.9 Å². The molecule has 2 aromatic rings. The summed E-state index contributed by atoms with van der Waals surface area (Å²) in [6.45, 7) is 0. The number of hydrogen-bond acceptors (Lipinski definition) is 4. The number of hydrogen-bond donors (Lipinski definition) is 4. The summed E-state index contributed by atoms with van der Waals surface area (Å²) in [5.74, 6) is -1.23. The highest BCUT2D eigenvalue weighted by molar-refractivity contribution is 6.00. The van der Waals surface area contributed by atoms with Crippen molar-refractivity contribution in [3.05, 3.63) is 53.6 Å². The zero-order valence-corrected chi connectivity index (χ0v) is 11.2. The first kappa shape index (κ1) is 14.4. The maximum Gasteiger partial charge on any atom is 0.250 e. The fraction of sp³-hybridized carbons (Fsp3) is 0.0667. The van der Waals surface area contributed by atoms with Crippen LogP contribution in [0.15, 0.2) is 42.5 Å². The van der Waals surface area contributed by atoms with E-state index in [0.717, 1.165) is 0 Å². The minimum atomic E-state index is -0.756. The first-order valence-corrected chi connectivity index (χ1v) is 6.23. The van der Waals surface area contributed by atoms with Crippen LogP contribution in [0, 0.1) is 0 Å². The summed E-state index contributed by atoms with van der Waals surface area (Å²) in [6, 6.07) is 11.4. The van der Waals surface area contributed by atoms with E-state index in [0.29, 0.717) is 11.3 Å². The van der Waals surface area contributed by atoms with Gasteiger partial charge in [-0.3, -0.25) is 9.59 Å². The van der Waals surface area contributed by atoms with Crippen LogP contribution in [0.1, 0.15) is 15.9 Å². The van der Waals surface area contributed by atoms with Crippen molar-refractivity contribution in [2.75, 3.05) is 11.1 Å². The average Bonchev–Trinajstić information content (AvgIpc) is 2.43. The van der Waals surface area contributed by atoms with Gasteiger partial charge in [0, 0.05) is 11.4 Å². The fourth-order valence-electron chi connectivity index (χ4n) is 1.95. The highest BCUT2D eigenvalue weighted by Gasteiger charge is 2.14. The van der Waals surface area contributed by atoms with Gasteiger partial charge in [-0.05, 0) is 29.8 Å². The van der Waals surface area contributed by atoms with Gasteiger partial charge in [0.2, 0.25) is 5.91 Å². The molecule has 0 saturated carbocycles. The van der Waals surface area contributed by atoms with E-state index in [1.54, 1.807) is 24.3 Å². The van der Waals surface area contributed by atoms with Gasteiger partial charge in [0.25, 0.3) is 5.91 Å². The third-order valence-corrected chi connectivity index (χ3v) is 2.92. The molecular formula is C15H15N3O3. The van der Waals surface area contributed by atoms with E-state index >= 15 is 0 Å². The van der Waals surface area contributed by atoms with Gasteiger partial charge in [0.15, 0.2) is 0 Å². The number of anilines is 2. The Morgan fingerprint density at radius 2 is 1.81 bits per heavy atom. The topological polar surface area (TPSA) is 118 Å². The predicted octanol–water partition coefficient (Wildman–Crippen LogP) is 1.25. The Balaban J connectivity index is 2.19. The fourth-order valence-corrected chi connectivity index (χ4v) is 1.95. The number of primary amides is 1. The largest absolute Gasteiger partial charge is 0.508 e. The molecule has 0 radical (unpaired) electrons. The van der Waals surface area contributed by atoms with Crippen LogP contribution in [0.25, 0.3) is 0 Å². The van der Waals surface area contributed by atoms with Crippen LogP contribution in [0.3, 0.4) is 0 Å². The maximum absolute atomic E-state index is 12.0. The Kier molecular flexibility index (Phi) is 4.08. The van der Waals surface area contributed by atoms with Crippen molar-refractivity contribution < 1.29 is 14.7 Å². The first-order valence-electron chi connectivity index (χ1n) is 6.23. The van der Waals surface area contributed by atoms with E-state index in [-0.39, 0.29) is 29.3 Å². The highest BCUT2D eigenvalue weighted by Crippen LogP contribution is 2.24. The van der Waals surface area contributed by atoms with E-state index in [1.807, 2.05) is 6.07 Å². The summed E-state index contributed by atoms with van der Waals surface area (Å²) in [4.78, 5) is 23.2. The summed E-state index contributed by atoms with van der Waals surface area (Å²) in [5, 5.41) is 12.3. The van der Waals surface area contributed by atoms with Crippen LogP contribution in [0.2, 0.25) is 0 Å². The monoisotopic (exact) mass is 285 g/mol. The molecule has 0 aromatic heterocycles. The lowest BCUT2D eigenvalue weighted by molar-refractivity contribution is -0.115. The second-order valence-corrected chi connectivity index (χ2v) is 4.52. The predicted molar refractivity (Wildman–Crippen MR) is 79.8 cm³/mol. The number of carbonyl (C=O) groups is 2. The van der Waals surface area contributed by atoms with Gasteiger partial charge in [-0.25, -0.2) is 0 Å². The zero-order valence-electron chi connectivity index (χ0n) is 11.2. The third kappa shape index (κ3) is 3.50. The number of benzene rings is 2. The number of aromatic hydroxyl groups is 1. The molecule has 0 unspecified atom stereocenters. The number of nitrogens with two attached hydrogens (primary N) is 2. The first-order chi connectivity index (χ1) is 9.97. The normalized spacial score (nSPS) is 10.1. The molecule has 2 amide bonds. The molecule has 0 fully saturated rings. The molecule has 21 heavy (non-hydrogen) atoms. The van der Waals surface area contributed by atoms with Crippen molar-refractivity contribution in [1.29, 1.82) is 0 Å². The zero-order chi connectivity index (χ0) is 15.4. The number of carbonyl (C=O) groups excluding carboxylic acids is 2. The lowest BCUT2D eigenvalue weighted by Gasteiger charge is -2.10. The molecule has 2 rings (SSSR count). The Morgan fingerprint density at radius 1 is 1.14 bits per heavy atom. The van der Waals surface area contributed by atoms with Crippen molar-refractivity contribution >= 4 is 23.2 Å². The summed E-state index contributed by atoms with van der Waals surface area (Å²) < 4.78 is 0. The van der Waals surface area contributed by atoms with Crippen LogP contribution < -0.4 is 16.8 Å². The quantitative estimate of drug-likeness (QED) is 0.499. The number of nitrogen functional groups attached to an aromatic ring is 1. The molecule has 0 aliphatic carbocycles. The Bertz CT molecular complexity index is 684. The van der Waals surface area contributed by atoms with Gasteiger partial charge in [-0.2, -0.15) is 0 Å². The number of rotatable bonds is 4. The lowest BCUT2D eigenvalue weighted by atomic mass is 10.0. The third-order valence-electron chi connectivity index (χ3n) is 2.92. The van der Waals surface area contributed by atoms with Gasteiger partial charge in [-0.1, -0.05) is 18.2 Å². The number of phenols is 1. The molecule has 108 valence electrons. The number of para-hydroxylation sites is 1. The van der Waals surface area contributed by atoms with Crippen LogP contribution in [-0.2, 0) is 11.2 Å². The molecule has 0 spiro atoms. The molecule has 0 aliphatic heterocycles. The van der Waals surface area contributed by atoms with Crippen molar-refractivity contribution in [3.63, 3.8) is 0 Å². The van der Waals surface area contributed by atoms with Crippen LogP contribution in [0.5, 0.6) is 5.75 Å². The molecule has 2 aromatic carbocycles. The summed E-state index contributed by atoms with van der Waals surface area (Å²) >= 11 is 0.